The molecule has 0 aromatic heterocycles. The normalized spacial score (nSPS) is 12.7. The van der Waals surface area contributed by atoms with E-state index in [0.717, 1.165) is 6.42 Å². The Labute approximate surface area is 121 Å². The van der Waals surface area contributed by atoms with Crippen molar-refractivity contribution < 1.29 is 0 Å². The number of hydrogen-bond donors (Lipinski definition) is 1. The van der Waals surface area contributed by atoms with E-state index in [1.54, 1.807) is 6.07 Å². The molecule has 18 heavy (non-hydrogen) atoms. The minimum absolute atomic E-state index is 0.350. The van der Waals surface area contributed by atoms with Crippen LogP contribution in [0.25, 0.3) is 0 Å². The van der Waals surface area contributed by atoms with E-state index in [-0.39, 0.29) is 0 Å². The number of nitrogens with one attached hydrogen (secondary N) is 1. The highest BCUT2D eigenvalue weighted by molar-refractivity contribution is 6.34. The van der Waals surface area contributed by atoms with Gasteiger partial charge < -0.3 is 5.32 Å². The molecule has 1 aromatic carbocycles. The van der Waals surface area contributed by atoms with Gasteiger partial charge in [0, 0.05) is 16.1 Å². The first-order valence-corrected chi connectivity index (χ1v) is 7.56. The lowest BCUT2D eigenvalue weighted by atomic mass is 10.00. The Kier molecular flexibility index (Phi) is 7.73. The van der Waals surface area contributed by atoms with Gasteiger partial charge >= 0.3 is 0 Å². The predicted octanol–water partition coefficient (Wildman–Crippen LogP) is 5.61. The van der Waals surface area contributed by atoms with E-state index in [9.17, 15) is 0 Å². The van der Waals surface area contributed by atoms with Crippen LogP contribution in [0.2, 0.25) is 10.0 Å². The predicted molar refractivity (Wildman–Crippen MR) is 81.6 cm³/mol. The first-order valence-electron chi connectivity index (χ1n) is 6.80. The molecule has 1 aromatic rings. The fourth-order valence-corrected chi connectivity index (χ4v) is 2.75. The first-order chi connectivity index (χ1) is 8.67. The third-order valence-electron chi connectivity index (χ3n) is 3.23. The van der Waals surface area contributed by atoms with Crippen molar-refractivity contribution in [1.82, 2.24) is 5.32 Å². The van der Waals surface area contributed by atoms with Gasteiger partial charge in [0.25, 0.3) is 0 Å². The summed E-state index contributed by atoms with van der Waals surface area (Å²) < 4.78 is 0. The van der Waals surface area contributed by atoms with E-state index >= 15 is 0 Å². The maximum absolute atomic E-state index is 6.04. The molecule has 1 atom stereocenters. The third kappa shape index (κ3) is 5.60. The number of hydrogen-bond acceptors (Lipinski definition) is 1. The summed E-state index contributed by atoms with van der Waals surface area (Å²) in [5.41, 5.74) is 1.19. The van der Waals surface area contributed by atoms with Crippen molar-refractivity contribution in [2.45, 2.75) is 51.5 Å². The smallest absolute Gasteiger partial charge is 0.0424 e. The molecule has 1 nitrogen and oxygen atoms in total. The van der Waals surface area contributed by atoms with Gasteiger partial charge in [0.05, 0.1) is 0 Å². The Morgan fingerprint density at radius 1 is 1.00 bits per heavy atom. The summed E-state index contributed by atoms with van der Waals surface area (Å²) in [6, 6.07) is 6.13. The summed E-state index contributed by atoms with van der Waals surface area (Å²) >= 11 is 12.1. The van der Waals surface area contributed by atoms with Crippen molar-refractivity contribution in [2.75, 3.05) is 7.05 Å². The second kappa shape index (κ2) is 8.79. The summed E-state index contributed by atoms with van der Waals surface area (Å²) in [5.74, 6) is 0. The van der Waals surface area contributed by atoms with Gasteiger partial charge in [0.1, 0.15) is 0 Å². The second-order valence-electron chi connectivity index (χ2n) is 4.75. The Morgan fingerprint density at radius 3 is 2.17 bits per heavy atom. The van der Waals surface area contributed by atoms with Crippen LogP contribution in [0.5, 0.6) is 0 Å². The Balaban J connectivity index is 2.49. The highest BCUT2D eigenvalue weighted by Crippen LogP contribution is 2.26. The van der Waals surface area contributed by atoms with Crippen LogP contribution in [-0.4, -0.2) is 7.05 Å². The van der Waals surface area contributed by atoms with E-state index < -0.39 is 0 Å². The number of halogens is 2. The number of unbranched alkanes of at least 4 members (excludes halogenated alkanes) is 4. The van der Waals surface area contributed by atoms with E-state index in [1.807, 2.05) is 19.2 Å². The van der Waals surface area contributed by atoms with Crippen LogP contribution in [0.15, 0.2) is 18.2 Å². The van der Waals surface area contributed by atoms with Crippen LogP contribution < -0.4 is 5.32 Å². The van der Waals surface area contributed by atoms with Gasteiger partial charge in [0.2, 0.25) is 0 Å². The van der Waals surface area contributed by atoms with Gasteiger partial charge in [0.15, 0.2) is 0 Å². The zero-order chi connectivity index (χ0) is 13.4. The average Bonchev–Trinajstić information content (AvgIpc) is 2.32. The molecule has 102 valence electrons. The molecule has 1 unspecified atom stereocenters. The average molecular weight is 288 g/mol. The molecule has 0 fully saturated rings. The highest BCUT2D eigenvalue weighted by Gasteiger charge is 2.10. The van der Waals surface area contributed by atoms with Gasteiger partial charge in [-0.3, -0.25) is 0 Å². The second-order valence-corrected chi connectivity index (χ2v) is 5.62. The van der Waals surface area contributed by atoms with Gasteiger partial charge in [-0.15, -0.1) is 0 Å². The van der Waals surface area contributed by atoms with Crippen molar-refractivity contribution in [2.24, 2.45) is 0 Å². The quantitative estimate of drug-likeness (QED) is 0.613. The molecule has 0 amide bonds. The van der Waals surface area contributed by atoms with Crippen molar-refractivity contribution in [3.63, 3.8) is 0 Å². The van der Waals surface area contributed by atoms with Gasteiger partial charge in [-0.2, -0.15) is 0 Å². The zero-order valence-corrected chi connectivity index (χ0v) is 12.8. The molecule has 0 radical (unpaired) electrons. The molecule has 0 aliphatic rings. The summed E-state index contributed by atoms with van der Waals surface area (Å²) in [6.07, 6.45) is 7.66. The van der Waals surface area contributed by atoms with Crippen LogP contribution in [-0.2, 0) is 0 Å². The number of rotatable bonds is 8. The van der Waals surface area contributed by atoms with E-state index in [2.05, 4.69) is 12.2 Å². The van der Waals surface area contributed by atoms with Crippen molar-refractivity contribution in [3.05, 3.63) is 33.8 Å². The molecule has 0 aliphatic heterocycles. The lowest BCUT2D eigenvalue weighted by Gasteiger charge is -2.17. The summed E-state index contributed by atoms with van der Waals surface area (Å²) in [5, 5.41) is 4.77. The molecule has 0 saturated carbocycles. The van der Waals surface area contributed by atoms with Crippen LogP contribution in [0.4, 0.5) is 0 Å². The molecule has 1 N–H and O–H groups in total. The minimum atomic E-state index is 0.350. The molecule has 3 heteroatoms. The van der Waals surface area contributed by atoms with Crippen LogP contribution in [0.1, 0.15) is 57.1 Å². The lowest BCUT2D eigenvalue weighted by Crippen LogP contribution is -2.16. The van der Waals surface area contributed by atoms with Crippen LogP contribution >= 0.6 is 23.2 Å². The van der Waals surface area contributed by atoms with E-state index in [1.165, 1.54) is 37.7 Å². The molecule has 0 bridgehead atoms. The molecule has 0 aliphatic carbocycles. The van der Waals surface area contributed by atoms with Crippen molar-refractivity contribution in [3.8, 4) is 0 Å². The van der Waals surface area contributed by atoms with Crippen LogP contribution in [0, 0.1) is 0 Å². The Hall–Kier alpha value is -0.240. The highest BCUT2D eigenvalue weighted by atomic mass is 35.5. The fourth-order valence-electron chi connectivity index (χ4n) is 2.21. The Bertz CT molecular complexity index is 332. The largest absolute Gasteiger partial charge is 0.313 e. The zero-order valence-electron chi connectivity index (χ0n) is 11.3. The lowest BCUT2D eigenvalue weighted by molar-refractivity contribution is 0.501. The third-order valence-corrected chi connectivity index (χ3v) is 3.67. The summed E-state index contributed by atoms with van der Waals surface area (Å²) in [4.78, 5) is 0. The minimum Gasteiger partial charge on any atom is -0.313 e. The Morgan fingerprint density at radius 2 is 1.61 bits per heavy atom. The van der Waals surface area contributed by atoms with Crippen LogP contribution in [0.3, 0.4) is 0 Å². The molecule has 0 spiro atoms. The van der Waals surface area contributed by atoms with E-state index in [0.29, 0.717) is 16.1 Å². The van der Waals surface area contributed by atoms with Gasteiger partial charge in [-0.1, -0.05) is 62.2 Å². The monoisotopic (exact) mass is 287 g/mol. The maximum atomic E-state index is 6.04. The van der Waals surface area contributed by atoms with Gasteiger partial charge in [-0.05, 0) is 37.2 Å². The summed E-state index contributed by atoms with van der Waals surface area (Å²) in [7, 11) is 1.99. The maximum Gasteiger partial charge on any atom is 0.0424 e. The SMILES string of the molecule is CCCCCCCC(NC)c1cc(Cl)cc(Cl)c1. The van der Waals surface area contributed by atoms with Gasteiger partial charge in [-0.25, -0.2) is 0 Å². The first kappa shape index (κ1) is 15.8. The van der Waals surface area contributed by atoms with E-state index in [4.69, 9.17) is 23.2 Å². The molecular formula is C15H23Cl2N. The number of benzene rings is 1. The molecule has 1 rings (SSSR count). The topological polar surface area (TPSA) is 12.0 Å². The fraction of sp³-hybridized carbons (Fsp3) is 0.600. The van der Waals surface area contributed by atoms with Crippen molar-refractivity contribution >= 4 is 23.2 Å². The standard InChI is InChI=1S/C15H23Cl2N/c1-3-4-5-6-7-8-15(18-2)12-9-13(16)11-14(17)10-12/h9-11,15,18H,3-8H2,1-2H3. The molecule has 0 saturated heterocycles. The molecule has 0 heterocycles. The molecular weight excluding hydrogens is 265 g/mol. The summed E-state index contributed by atoms with van der Waals surface area (Å²) in [6.45, 7) is 2.24. The van der Waals surface area contributed by atoms with Crippen molar-refractivity contribution in [1.29, 1.82) is 0 Å².